The number of thiazole rings is 1. The van der Waals surface area contributed by atoms with Gasteiger partial charge in [0.2, 0.25) is 5.91 Å². The maximum atomic E-state index is 13.3. The third kappa shape index (κ3) is 4.17. The molecule has 3 aromatic rings. The first-order valence-electron chi connectivity index (χ1n) is 9.76. The SMILES string of the molecule is Cc1nn(-c2ccc(Br)cc2)c(C)c1C(=O)N1CCCC(C(=O)Nc2nccs2)C1. The Labute approximate surface area is 187 Å². The van der Waals surface area contributed by atoms with Crippen molar-refractivity contribution in [1.82, 2.24) is 19.7 Å². The Hall–Kier alpha value is -2.52. The minimum atomic E-state index is -0.242. The van der Waals surface area contributed by atoms with Gasteiger partial charge in [0.15, 0.2) is 5.13 Å². The highest BCUT2D eigenvalue weighted by Crippen LogP contribution is 2.25. The fourth-order valence-electron chi connectivity index (χ4n) is 3.81. The summed E-state index contributed by atoms with van der Waals surface area (Å²) in [6.07, 6.45) is 3.21. The van der Waals surface area contributed by atoms with E-state index in [1.54, 1.807) is 15.8 Å². The lowest BCUT2D eigenvalue weighted by Gasteiger charge is -2.32. The molecule has 0 aliphatic carbocycles. The Morgan fingerprint density at radius 3 is 2.70 bits per heavy atom. The van der Waals surface area contributed by atoms with Crippen LogP contribution in [0, 0.1) is 19.8 Å². The zero-order valence-electron chi connectivity index (χ0n) is 16.8. The number of aryl methyl sites for hydroxylation is 1. The van der Waals surface area contributed by atoms with Crippen molar-refractivity contribution in [2.45, 2.75) is 26.7 Å². The molecule has 1 saturated heterocycles. The lowest BCUT2D eigenvalue weighted by atomic mass is 9.96. The van der Waals surface area contributed by atoms with Crippen LogP contribution in [0.3, 0.4) is 0 Å². The van der Waals surface area contributed by atoms with Crippen molar-refractivity contribution in [3.63, 3.8) is 0 Å². The predicted octanol–water partition coefficient (Wildman–Crippen LogP) is 4.20. The standard InChI is InChI=1S/C21H22BrN5O2S/c1-13-18(14(2)27(25-13)17-7-5-16(22)6-8-17)20(29)26-10-3-4-15(12-26)19(28)24-21-23-9-11-30-21/h5-9,11,15H,3-4,10,12H2,1-2H3,(H,23,24,28). The maximum absolute atomic E-state index is 13.3. The molecule has 2 amide bonds. The van der Waals surface area contributed by atoms with Crippen LogP contribution < -0.4 is 5.32 Å². The number of anilines is 1. The number of nitrogens with one attached hydrogen (secondary N) is 1. The van der Waals surface area contributed by atoms with E-state index in [0.717, 1.165) is 28.7 Å². The molecule has 1 aliphatic heterocycles. The van der Waals surface area contributed by atoms with Gasteiger partial charge in [-0.1, -0.05) is 15.9 Å². The highest BCUT2D eigenvalue weighted by Gasteiger charge is 2.31. The number of hydrogen-bond donors (Lipinski definition) is 1. The van der Waals surface area contributed by atoms with Crippen LogP contribution >= 0.6 is 27.3 Å². The van der Waals surface area contributed by atoms with Gasteiger partial charge in [0.1, 0.15) is 0 Å². The van der Waals surface area contributed by atoms with Crippen molar-refractivity contribution in [3.8, 4) is 5.69 Å². The Balaban J connectivity index is 1.52. The summed E-state index contributed by atoms with van der Waals surface area (Å²) in [5, 5.41) is 9.86. The Morgan fingerprint density at radius 1 is 1.23 bits per heavy atom. The molecule has 0 saturated carbocycles. The number of likely N-dealkylation sites (tertiary alicyclic amines) is 1. The number of rotatable bonds is 4. The molecule has 1 atom stereocenters. The lowest BCUT2D eigenvalue weighted by molar-refractivity contribution is -0.121. The number of amides is 2. The molecule has 0 radical (unpaired) electrons. The summed E-state index contributed by atoms with van der Waals surface area (Å²) in [7, 11) is 0. The minimum absolute atomic E-state index is 0.0693. The minimum Gasteiger partial charge on any atom is -0.338 e. The van der Waals surface area contributed by atoms with Gasteiger partial charge in [0.25, 0.3) is 5.91 Å². The first-order valence-corrected chi connectivity index (χ1v) is 11.4. The van der Waals surface area contributed by atoms with Crippen LogP contribution in [0.1, 0.15) is 34.6 Å². The first kappa shape index (κ1) is 20.7. The fraction of sp³-hybridized carbons (Fsp3) is 0.333. The topological polar surface area (TPSA) is 80.1 Å². The van der Waals surface area contributed by atoms with Crippen LogP contribution in [0.15, 0.2) is 40.3 Å². The molecule has 9 heteroatoms. The van der Waals surface area contributed by atoms with Crippen LogP contribution in [0.5, 0.6) is 0 Å². The van der Waals surface area contributed by atoms with E-state index in [9.17, 15) is 9.59 Å². The van der Waals surface area contributed by atoms with Crippen LogP contribution in [0.4, 0.5) is 5.13 Å². The second-order valence-corrected chi connectivity index (χ2v) is 9.16. The zero-order chi connectivity index (χ0) is 21.3. The van der Waals surface area contributed by atoms with Gasteiger partial charge in [-0.2, -0.15) is 5.10 Å². The second kappa shape index (κ2) is 8.69. The molecule has 0 bridgehead atoms. The van der Waals surface area contributed by atoms with Crippen LogP contribution in [0.2, 0.25) is 0 Å². The van der Waals surface area contributed by atoms with Gasteiger partial charge in [0.05, 0.1) is 28.6 Å². The smallest absolute Gasteiger partial charge is 0.257 e. The Bertz CT molecular complexity index is 1060. The van der Waals surface area contributed by atoms with Gasteiger partial charge < -0.3 is 10.2 Å². The molecule has 1 aliphatic rings. The molecule has 0 spiro atoms. The zero-order valence-corrected chi connectivity index (χ0v) is 19.2. The summed E-state index contributed by atoms with van der Waals surface area (Å²) in [5.74, 6) is -0.393. The second-order valence-electron chi connectivity index (χ2n) is 7.35. The van der Waals surface area contributed by atoms with E-state index in [0.29, 0.717) is 29.5 Å². The predicted molar refractivity (Wildman–Crippen MR) is 120 cm³/mol. The Kier molecular flexibility index (Phi) is 6.01. The van der Waals surface area contributed by atoms with Crippen LogP contribution in [0.25, 0.3) is 5.69 Å². The van der Waals surface area contributed by atoms with Crippen molar-refractivity contribution < 1.29 is 9.59 Å². The monoisotopic (exact) mass is 487 g/mol. The summed E-state index contributed by atoms with van der Waals surface area (Å²) in [5.41, 5.74) is 3.00. The highest BCUT2D eigenvalue weighted by atomic mass is 79.9. The third-order valence-corrected chi connectivity index (χ3v) is 6.54. The van der Waals surface area contributed by atoms with E-state index in [4.69, 9.17) is 0 Å². The summed E-state index contributed by atoms with van der Waals surface area (Å²) >= 11 is 4.83. The molecule has 3 heterocycles. The summed E-state index contributed by atoms with van der Waals surface area (Å²) in [6.45, 7) is 4.80. The number of carbonyl (C=O) groups is 2. The molecular weight excluding hydrogens is 466 g/mol. The first-order chi connectivity index (χ1) is 14.4. The van der Waals surface area contributed by atoms with E-state index >= 15 is 0 Å². The van der Waals surface area contributed by atoms with Crippen LogP contribution in [-0.4, -0.2) is 44.6 Å². The van der Waals surface area contributed by atoms with Crippen molar-refractivity contribution in [3.05, 3.63) is 57.3 Å². The number of carbonyl (C=O) groups excluding carboxylic acids is 2. The van der Waals surface area contributed by atoms with Gasteiger partial charge in [-0.15, -0.1) is 11.3 Å². The molecule has 1 fully saturated rings. The number of nitrogens with zero attached hydrogens (tertiary/aromatic N) is 4. The molecule has 1 aromatic carbocycles. The average molecular weight is 488 g/mol. The van der Waals surface area contributed by atoms with E-state index in [2.05, 4.69) is 31.3 Å². The van der Waals surface area contributed by atoms with E-state index in [1.165, 1.54) is 11.3 Å². The molecule has 30 heavy (non-hydrogen) atoms. The van der Waals surface area contributed by atoms with E-state index < -0.39 is 0 Å². The van der Waals surface area contributed by atoms with Gasteiger partial charge >= 0.3 is 0 Å². The lowest BCUT2D eigenvalue weighted by Crippen LogP contribution is -2.44. The number of aromatic nitrogens is 3. The number of benzene rings is 1. The van der Waals surface area contributed by atoms with E-state index in [1.807, 2.05) is 43.5 Å². The van der Waals surface area contributed by atoms with Crippen molar-refractivity contribution >= 4 is 44.2 Å². The fourth-order valence-corrected chi connectivity index (χ4v) is 4.61. The van der Waals surface area contributed by atoms with Gasteiger partial charge in [-0.3, -0.25) is 9.59 Å². The number of piperidine rings is 1. The molecule has 1 unspecified atom stereocenters. The molecule has 4 rings (SSSR count). The van der Waals surface area contributed by atoms with E-state index in [-0.39, 0.29) is 17.7 Å². The third-order valence-electron chi connectivity index (χ3n) is 5.32. The summed E-state index contributed by atoms with van der Waals surface area (Å²) in [6, 6.07) is 7.81. The van der Waals surface area contributed by atoms with Crippen molar-refractivity contribution in [1.29, 1.82) is 0 Å². The summed E-state index contributed by atoms with van der Waals surface area (Å²) < 4.78 is 2.78. The van der Waals surface area contributed by atoms with Gasteiger partial charge in [0, 0.05) is 29.1 Å². The average Bonchev–Trinajstić information content (AvgIpc) is 3.35. The number of halogens is 1. The quantitative estimate of drug-likeness (QED) is 0.597. The Morgan fingerprint density at radius 2 is 2.00 bits per heavy atom. The molecule has 156 valence electrons. The highest BCUT2D eigenvalue weighted by molar-refractivity contribution is 9.10. The maximum Gasteiger partial charge on any atom is 0.257 e. The summed E-state index contributed by atoms with van der Waals surface area (Å²) in [4.78, 5) is 31.8. The molecule has 2 aromatic heterocycles. The normalized spacial score (nSPS) is 16.5. The number of hydrogen-bond acceptors (Lipinski definition) is 5. The van der Waals surface area contributed by atoms with Crippen molar-refractivity contribution in [2.24, 2.45) is 5.92 Å². The van der Waals surface area contributed by atoms with Gasteiger partial charge in [-0.25, -0.2) is 9.67 Å². The van der Waals surface area contributed by atoms with Crippen molar-refractivity contribution in [2.75, 3.05) is 18.4 Å². The molecule has 7 nitrogen and oxygen atoms in total. The van der Waals surface area contributed by atoms with Gasteiger partial charge in [-0.05, 0) is 51.0 Å². The molecule has 1 N–H and O–H groups in total. The largest absolute Gasteiger partial charge is 0.338 e. The van der Waals surface area contributed by atoms with Crippen LogP contribution in [-0.2, 0) is 4.79 Å². The molecular formula is C21H22BrN5O2S.